The van der Waals surface area contributed by atoms with Gasteiger partial charge in [0.25, 0.3) is 10.1 Å². The summed E-state index contributed by atoms with van der Waals surface area (Å²) < 4.78 is 54.0. The van der Waals surface area contributed by atoms with Crippen LogP contribution < -0.4 is 0 Å². The SMILES string of the molecule is CC/C=C\C/C=C\C/C=C\C/C=C\CCCCCCCCCCC(=O)OC(COC(=O)CCCCC/C=C\C/C=C\C/C=C\CC)COC1OC(CS(=O)(=O)O)C(O)C(O)C1O. The van der Waals surface area contributed by atoms with E-state index in [1.165, 1.54) is 19.3 Å². The lowest BCUT2D eigenvalue weighted by Crippen LogP contribution is -2.60. The second-order valence-electron chi connectivity index (χ2n) is 15.7. The number of carbonyl (C=O) groups excluding carboxylic acids is 2. The van der Waals surface area contributed by atoms with Gasteiger partial charge in [-0.1, -0.05) is 144 Å². The van der Waals surface area contributed by atoms with Crippen LogP contribution in [-0.2, 0) is 38.7 Å². The Bertz CT molecular complexity index is 1460. The molecule has 354 valence electrons. The zero-order chi connectivity index (χ0) is 45.5. The maximum Gasteiger partial charge on any atom is 0.306 e. The highest BCUT2D eigenvalue weighted by Crippen LogP contribution is 2.24. The quantitative estimate of drug-likeness (QED) is 0.0201. The predicted molar refractivity (Wildman–Crippen MR) is 247 cm³/mol. The summed E-state index contributed by atoms with van der Waals surface area (Å²) in [7, 11) is -4.61. The lowest BCUT2D eigenvalue weighted by Gasteiger charge is -2.40. The van der Waals surface area contributed by atoms with Gasteiger partial charge in [-0.25, -0.2) is 0 Å². The summed E-state index contributed by atoms with van der Waals surface area (Å²) in [4.78, 5) is 25.4. The lowest BCUT2D eigenvalue weighted by atomic mass is 10.00. The number of rotatable bonds is 37. The molecule has 1 heterocycles. The molecule has 6 atom stereocenters. The van der Waals surface area contributed by atoms with E-state index in [9.17, 15) is 37.9 Å². The van der Waals surface area contributed by atoms with Crippen molar-refractivity contribution in [2.45, 2.75) is 192 Å². The van der Waals surface area contributed by atoms with Gasteiger partial charge in [-0.2, -0.15) is 8.42 Å². The molecule has 1 aliphatic rings. The van der Waals surface area contributed by atoms with Crippen molar-refractivity contribution in [2.75, 3.05) is 19.0 Å². The van der Waals surface area contributed by atoms with Crippen LogP contribution in [0.25, 0.3) is 0 Å². The summed E-state index contributed by atoms with van der Waals surface area (Å²) in [6.07, 6.45) is 40.6. The normalized spacial score (nSPS) is 20.6. The number of carbonyl (C=O) groups is 2. The zero-order valence-electron chi connectivity index (χ0n) is 37.7. The van der Waals surface area contributed by atoms with E-state index in [2.05, 4.69) is 98.9 Å². The molecule has 1 fully saturated rings. The van der Waals surface area contributed by atoms with E-state index in [-0.39, 0.29) is 19.4 Å². The monoisotopic (exact) mass is 893 g/mol. The molecule has 12 nitrogen and oxygen atoms in total. The third-order valence-corrected chi connectivity index (χ3v) is 10.7. The van der Waals surface area contributed by atoms with Crippen LogP contribution in [0.1, 0.15) is 155 Å². The number of ether oxygens (including phenoxy) is 4. The van der Waals surface area contributed by atoms with E-state index in [1.807, 2.05) is 0 Å². The van der Waals surface area contributed by atoms with Crippen molar-refractivity contribution in [3.05, 3.63) is 85.1 Å². The molecule has 1 aliphatic heterocycles. The summed E-state index contributed by atoms with van der Waals surface area (Å²) in [5.41, 5.74) is 0. The number of unbranched alkanes of at least 4 members (excludes halogenated alkanes) is 11. The van der Waals surface area contributed by atoms with Crippen molar-refractivity contribution in [1.82, 2.24) is 0 Å². The maximum atomic E-state index is 12.8. The van der Waals surface area contributed by atoms with E-state index in [0.29, 0.717) is 12.8 Å². The molecule has 13 heteroatoms. The minimum Gasteiger partial charge on any atom is -0.462 e. The molecule has 0 aromatic carbocycles. The second-order valence-corrected chi connectivity index (χ2v) is 17.1. The summed E-state index contributed by atoms with van der Waals surface area (Å²) in [5.74, 6) is -2.04. The molecule has 6 unspecified atom stereocenters. The van der Waals surface area contributed by atoms with Crippen LogP contribution in [0.5, 0.6) is 0 Å². The largest absolute Gasteiger partial charge is 0.462 e. The van der Waals surface area contributed by atoms with Crippen molar-refractivity contribution >= 4 is 22.1 Å². The molecule has 1 rings (SSSR count). The molecular formula is C49H80O12S. The average molecular weight is 893 g/mol. The van der Waals surface area contributed by atoms with Crippen LogP contribution in [0.4, 0.5) is 0 Å². The number of hydrogen-bond donors (Lipinski definition) is 4. The topological polar surface area (TPSA) is 186 Å². The minimum absolute atomic E-state index is 0.143. The van der Waals surface area contributed by atoms with Gasteiger partial charge in [0.1, 0.15) is 36.8 Å². The molecule has 0 saturated carbocycles. The van der Waals surface area contributed by atoms with E-state index < -0.39 is 71.2 Å². The first-order valence-electron chi connectivity index (χ1n) is 23.1. The first-order chi connectivity index (χ1) is 30.0. The molecule has 1 saturated heterocycles. The fourth-order valence-electron chi connectivity index (χ4n) is 6.45. The van der Waals surface area contributed by atoms with Gasteiger partial charge in [-0.05, 0) is 83.5 Å². The van der Waals surface area contributed by atoms with Crippen molar-refractivity contribution in [2.24, 2.45) is 0 Å². The molecule has 0 spiro atoms. The third kappa shape index (κ3) is 32.5. The van der Waals surface area contributed by atoms with Crippen LogP contribution in [0.15, 0.2) is 85.1 Å². The second kappa shape index (κ2) is 38.3. The van der Waals surface area contributed by atoms with Crippen molar-refractivity contribution < 1.29 is 56.8 Å². The molecule has 0 amide bonds. The van der Waals surface area contributed by atoms with E-state index >= 15 is 0 Å². The van der Waals surface area contributed by atoms with Crippen LogP contribution >= 0.6 is 0 Å². The lowest BCUT2D eigenvalue weighted by molar-refractivity contribution is -0.297. The average Bonchev–Trinajstić information content (AvgIpc) is 3.24. The highest BCUT2D eigenvalue weighted by Gasteiger charge is 2.46. The first-order valence-corrected chi connectivity index (χ1v) is 24.8. The van der Waals surface area contributed by atoms with Crippen LogP contribution in [0, 0.1) is 0 Å². The van der Waals surface area contributed by atoms with Crippen molar-refractivity contribution in [3.8, 4) is 0 Å². The van der Waals surface area contributed by atoms with Gasteiger partial charge in [0, 0.05) is 12.8 Å². The fraction of sp³-hybridized carbons (Fsp3) is 0.673. The fourth-order valence-corrected chi connectivity index (χ4v) is 7.14. The summed E-state index contributed by atoms with van der Waals surface area (Å²) in [5, 5.41) is 30.9. The van der Waals surface area contributed by atoms with Gasteiger partial charge in [-0.15, -0.1) is 0 Å². The highest BCUT2D eigenvalue weighted by molar-refractivity contribution is 7.85. The minimum atomic E-state index is -4.61. The van der Waals surface area contributed by atoms with E-state index in [4.69, 9.17) is 18.9 Å². The Morgan fingerprint density at radius 1 is 0.548 bits per heavy atom. The van der Waals surface area contributed by atoms with Crippen LogP contribution in [0.2, 0.25) is 0 Å². The molecule has 0 bridgehead atoms. The molecule has 0 radical (unpaired) electrons. The van der Waals surface area contributed by atoms with E-state index in [1.54, 1.807) is 0 Å². The predicted octanol–water partition coefficient (Wildman–Crippen LogP) is 9.67. The Kier molecular flexibility index (Phi) is 35.1. The van der Waals surface area contributed by atoms with Gasteiger partial charge in [0.05, 0.1) is 6.61 Å². The van der Waals surface area contributed by atoms with Crippen LogP contribution in [0.3, 0.4) is 0 Å². The molecule has 0 aliphatic carbocycles. The third-order valence-electron chi connectivity index (χ3n) is 9.97. The molecule has 0 aromatic rings. The van der Waals surface area contributed by atoms with Gasteiger partial charge in [-0.3, -0.25) is 14.1 Å². The molecule has 62 heavy (non-hydrogen) atoms. The number of hydrogen-bond acceptors (Lipinski definition) is 11. The number of esters is 2. The smallest absolute Gasteiger partial charge is 0.306 e. The summed E-state index contributed by atoms with van der Waals surface area (Å²) in [6.45, 7) is 3.49. The van der Waals surface area contributed by atoms with Gasteiger partial charge in [0.2, 0.25) is 0 Å². The van der Waals surface area contributed by atoms with Crippen molar-refractivity contribution in [3.63, 3.8) is 0 Å². The maximum absolute atomic E-state index is 12.8. The number of allylic oxidation sites excluding steroid dienone is 14. The van der Waals surface area contributed by atoms with Crippen molar-refractivity contribution in [1.29, 1.82) is 0 Å². The number of aliphatic hydroxyl groups is 3. The first kappa shape index (κ1) is 56.8. The Balaban J connectivity index is 2.44. The standard InChI is InChI=1S/C49H80O12S/c1-3-5-7-9-11-13-15-17-18-19-20-21-22-23-24-26-28-30-32-34-36-38-45(51)60-42(40-59-49-48(54)47(53)46(52)43(61-49)41-62(55,56)57)39-58-44(50)37-35-33-31-29-27-25-16-14-12-10-8-6-4-2/h5-8,11-14,17-18,20-21,25,27,42-43,46-49,52-54H,3-4,9-10,15-16,19,22-24,26,28-41H2,1-2H3,(H,55,56,57)/b7-5-,8-6-,13-11-,14-12-,18-17-,21-20-,27-25-. The summed E-state index contributed by atoms with van der Waals surface area (Å²) in [6, 6.07) is 0. The highest BCUT2D eigenvalue weighted by atomic mass is 32.2. The molecule has 4 N–H and O–H groups in total. The van der Waals surface area contributed by atoms with E-state index in [0.717, 1.165) is 96.3 Å². The summed E-state index contributed by atoms with van der Waals surface area (Å²) >= 11 is 0. The Hall–Kier alpha value is -3.17. The van der Waals surface area contributed by atoms with Gasteiger partial charge < -0.3 is 34.3 Å². The molecule has 0 aromatic heterocycles. The zero-order valence-corrected chi connectivity index (χ0v) is 38.5. The van der Waals surface area contributed by atoms with Gasteiger partial charge in [0.15, 0.2) is 12.4 Å². The number of aliphatic hydroxyl groups excluding tert-OH is 3. The Morgan fingerprint density at radius 3 is 1.45 bits per heavy atom. The van der Waals surface area contributed by atoms with Gasteiger partial charge >= 0.3 is 11.9 Å². The van der Waals surface area contributed by atoms with Crippen LogP contribution in [-0.4, -0.2) is 96.0 Å². The Morgan fingerprint density at radius 2 is 0.968 bits per heavy atom. The molecular weight excluding hydrogens is 813 g/mol. The Labute approximate surface area is 373 Å².